The average molecular weight is 396 g/mol. The molecule has 29 heavy (non-hydrogen) atoms. The van der Waals surface area contributed by atoms with Gasteiger partial charge in [0.25, 0.3) is 11.8 Å². The number of methoxy groups -OCH3 is 1. The largest absolute Gasteiger partial charge is 0.497 e. The lowest BCUT2D eigenvalue weighted by Crippen LogP contribution is -2.23. The number of nitrogens with one attached hydrogen (secondary N) is 2. The molecule has 0 saturated carbocycles. The van der Waals surface area contributed by atoms with Crippen molar-refractivity contribution in [2.24, 2.45) is 0 Å². The monoisotopic (exact) mass is 396 g/mol. The predicted octanol–water partition coefficient (Wildman–Crippen LogP) is 4.16. The highest BCUT2D eigenvalue weighted by Crippen LogP contribution is 2.16. The fraction of sp³-hybridized carbons (Fsp3) is 0.0909. The minimum Gasteiger partial charge on any atom is -0.497 e. The second-order valence-electron chi connectivity index (χ2n) is 6.19. The van der Waals surface area contributed by atoms with Gasteiger partial charge in [0.05, 0.1) is 12.8 Å². The number of carbonyl (C=O) groups excluding carboxylic acids is 2. The number of carbonyl (C=O) groups is 2. The smallest absolute Gasteiger partial charge is 0.255 e. The predicted molar refractivity (Wildman–Crippen MR) is 105 cm³/mol. The molecule has 0 fully saturated rings. The van der Waals surface area contributed by atoms with Crippen LogP contribution < -0.4 is 15.4 Å². The standard InChI is InChI=1S/C22H18F2N2O3/c1-29-18-9-2-14(3-10-18)13-25-21(27)15-4-6-16(7-5-15)22(28)26-20-11-8-17(23)12-19(20)24/h2-12H,13H2,1H3,(H,25,27)(H,26,28). The van der Waals surface area contributed by atoms with Gasteiger partial charge in [0.1, 0.15) is 17.4 Å². The molecule has 0 spiro atoms. The third kappa shape index (κ3) is 5.16. The molecule has 148 valence electrons. The molecule has 0 bridgehead atoms. The molecular formula is C22H18F2N2O3. The molecule has 3 rings (SSSR count). The maximum Gasteiger partial charge on any atom is 0.255 e. The Morgan fingerprint density at radius 1 is 0.862 bits per heavy atom. The summed E-state index contributed by atoms with van der Waals surface area (Å²) in [5, 5.41) is 5.16. The lowest BCUT2D eigenvalue weighted by Gasteiger charge is -2.08. The summed E-state index contributed by atoms with van der Waals surface area (Å²) in [6.07, 6.45) is 0. The highest BCUT2D eigenvalue weighted by molar-refractivity contribution is 6.05. The molecule has 0 radical (unpaired) electrons. The van der Waals surface area contributed by atoms with Crippen LogP contribution in [0.1, 0.15) is 26.3 Å². The summed E-state index contributed by atoms with van der Waals surface area (Å²) in [5.74, 6) is -1.73. The number of ether oxygens (including phenoxy) is 1. The first-order valence-electron chi connectivity index (χ1n) is 8.74. The first kappa shape index (κ1) is 20.0. The van der Waals surface area contributed by atoms with Crippen molar-refractivity contribution in [3.8, 4) is 5.75 Å². The van der Waals surface area contributed by atoms with Crippen LogP contribution in [0.25, 0.3) is 0 Å². The lowest BCUT2D eigenvalue weighted by molar-refractivity contribution is 0.0949. The van der Waals surface area contributed by atoms with E-state index in [1.165, 1.54) is 24.3 Å². The van der Waals surface area contributed by atoms with E-state index in [-0.39, 0.29) is 17.2 Å². The number of halogens is 2. The normalized spacial score (nSPS) is 10.3. The van der Waals surface area contributed by atoms with Crippen molar-refractivity contribution in [3.63, 3.8) is 0 Å². The van der Waals surface area contributed by atoms with E-state index in [4.69, 9.17) is 4.74 Å². The first-order valence-corrected chi connectivity index (χ1v) is 8.74. The molecular weight excluding hydrogens is 378 g/mol. The fourth-order valence-electron chi connectivity index (χ4n) is 2.59. The zero-order valence-corrected chi connectivity index (χ0v) is 15.5. The minimum atomic E-state index is -0.868. The van der Waals surface area contributed by atoms with E-state index in [1.807, 2.05) is 12.1 Å². The molecule has 0 aliphatic heterocycles. The van der Waals surface area contributed by atoms with Gasteiger partial charge in [0.2, 0.25) is 0 Å². The van der Waals surface area contributed by atoms with E-state index in [9.17, 15) is 18.4 Å². The van der Waals surface area contributed by atoms with Crippen LogP contribution in [0.3, 0.4) is 0 Å². The number of hydrogen-bond acceptors (Lipinski definition) is 3. The molecule has 3 aromatic carbocycles. The van der Waals surface area contributed by atoms with E-state index in [2.05, 4.69) is 10.6 Å². The van der Waals surface area contributed by atoms with Gasteiger partial charge in [-0.3, -0.25) is 9.59 Å². The van der Waals surface area contributed by atoms with Crippen LogP contribution in [-0.2, 0) is 6.54 Å². The van der Waals surface area contributed by atoms with Crippen LogP contribution in [0.15, 0.2) is 66.7 Å². The third-order valence-corrected chi connectivity index (χ3v) is 4.20. The van der Waals surface area contributed by atoms with Gasteiger partial charge in [-0.15, -0.1) is 0 Å². The van der Waals surface area contributed by atoms with Gasteiger partial charge in [0, 0.05) is 23.7 Å². The SMILES string of the molecule is COc1ccc(CNC(=O)c2ccc(C(=O)Nc3ccc(F)cc3F)cc2)cc1. The van der Waals surface area contributed by atoms with Gasteiger partial charge in [-0.1, -0.05) is 12.1 Å². The summed E-state index contributed by atoms with van der Waals surface area (Å²) in [6.45, 7) is 0.342. The van der Waals surface area contributed by atoms with Gasteiger partial charge in [0.15, 0.2) is 0 Å². The Morgan fingerprint density at radius 3 is 2.07 bits per heavy atom. The molecule has 0 atom stereocenters. The van der Waals surface area contributed by atoms with Crippen molar-refractivity contribution in [3.05, 3.63) is 95.1 Å². The van der Waals surface area contributed by atoms with Crippen molar-refractivity contribution in [1.82, 2.24) is 5.32 Å². The van der Waals surface area contributed by atoms with E-state index in [1.54, 1.807) is 19.2 Å². The Labute approximate surface area is 166 Å². The van der Waals surface area contributed by atoms with Gasteiger partial charge in [-0.2, -0.15) is 0 Å². The van der Waals surface area contributed by atoms with Crippen LogP contribution in [-0.4, -0.2) is 18.9 Å². The van der Waals surface area contributed by atoms with Crippen molar-refractivity contribution in [2.45, 2.75) is 6.54 Å². The maximum atomic E-state index is 13.6. The number of anilines is 1. The second-order valence-corrected chi connectivity index (χ2v) is 6.19. The van der Waals surface area contributed by atoms with Gasteiger partial charge >= 0.3 is 0 Å². The minimum absolute atomic E-state index is 0.127. The Kier molecular flexibility index (Phi) is 6.19. The van der Waals surface area contributed by atoms with E-state index < -0.39 is 17.5 Å². The summed E-state index contributed by atoms with van der Waals surface area (Å²) in [7, 11) is 1.58. The van der Waals surface area contributed by atoms with Crippen molar-refractivity contribution < 1.29 is 23.1 Å². The Morgan fingerprint density at radius 2 is 1.48 bits per heavy atom. The zero-order chi connectivity index (χ0) is 20.8. The molecule has 3 aromatic rings. The average Bonchev–Trinajstić information content (AvgIpc) is 2.74. The highest BCUT2D eigenvalue weighted by Gasteiger charge is 2.12. The Hall–Kier alpha value is -3.74. The summed E-state index contributed by atoms with van der Waals surface area (Å²) in [4.78, 5) is 24.5. The van der Waals surface area contributed by atoms with Crippen molar-refractivity contribution >= 4 is 17.5 Å². The van der Waals surface area contributed by atoms with Crippen LogP contribution >= 0.6 is 0 Å². The maximum absolute atomic E-state index is 13.6. The molecule has 0 aromatic heterocycles. The Bertz CT molecular complexity index is 1020. The molecule has 0 unspecified atom stereocenters. The fourth-order valence-corrected chi connectivity index (χ4v) is 2.59. The van der Waals surface area contributed by atoms with E-state index in [0.717, 1.165) is 23.4 Å². The number of benzene rings is 3. The molecule has 0 saturated heterocycles. The molecule has 5 nitrogen and oxygen atoms in total. The summed E-state index contributed by atoms with van der Waals surface area (Å²) in [5.41, 5.74) is 1.40. The van der Waals surface area contributed by atoms with Crippen LogP contribution in [0, 0.1) is 11.6 Å². The lowest BCUT2D eigenvalue weighted by atomic mass is 10.1. The van der Waals surface area contributed by atoms with Crippen LogP contribution in [0.4, 0.5) is 14.5 Å². The third-order valence-electron chi connectivity index (χ3n) is 4.20. The molecule has 0 aliphatic carbocycles. The number of amides is 2. The van der Waals surface area contributed by atoms with E-state index >= 15 is 0 Å². The summed E-state index contributed by atoms with van der Waals surface area (Å²) >= 11 is 0. The highest BCUT2D eigenvalue weighted by atomic mass is 19.1. The molecule has 0 aliphatic rings. The summed E-state index contributed by atoms with van der Waals surface area (Å²) < 4.78 is 31.7. The topological polar surface area (TPSA) is 67.4 Å². The quantitative estimate of drug-likeness (QED) is 0.658. The van der Waals surface area contributed by atoms with Crippen LogP contribution in [0.2, 0.25) is 0 Å². The van der Waals surface area contributed by atoms with Gasteiger partial charge in [-0.05, 0) is 54.1 Å². The van der Waals surface area contributed by atoms with E-state index in [0.29, 0.717) is 18.2 Å². The van der Waals surface area contributed by atoms with Crippen molar-refractivity contribution in [1.29, 1.82) is 0 Å². The first-order chi connectivity index (χ1) is 14.0. The van der Waals surface area contributed by atoms with Crippen molar-refractivity contribution in [2.75, 3.05) is 12.4 Å². The molecule has 7 heteroatoms. The zero-order valence-electron chi connectivity index (χ0n) is 15.5. The molecule has 2 N–H and O–H groups in total. The number of rotatable bonds is 6. The Balaban J connectivity index is 1.59. The summed E-state index contributed by atoms with van der Waals surface area (Å²) in [6, 6.07) is 16.1. The van der Waals surface area contributed by atoms with Gasteiger partial charge in [-0.25, -0.2) is 8.78 Å². The molecule has 2 amide bonds. The molecule has 0 heterocycles. The van der Waals surface area contributed by atoms with Crippen LogP contribution in [0.5, 0.6) is 5.75 Å². The second kappa shape index (κ2) is 8.97. The number of hydrogen-bond donors (Lipinski definition) is 2. The van der Waals surface area contributed by atoms with Gasteiger partial charge < -0.3 is 15.4 Å².